The predicted octanol–water partition coefficient (Wildman–Crippen LogP) is 3.75. The van der Waals surface area contributed by atoms with Crippen LogP contribution in [0.3, 0.4) is 0 Å². The average Bonchev–Trinajstić information content (AvgIpc) is 2.17. The van der Waals surface area contributed by atoms with Gasteiger partial charge in [0.2, 0.25) is 0 Å². The maximum absolute atomic E-state index is 3.71. The molecule has 0 radical (unpaired) electrons. The first-order valence-electron chi connectivity index (χ1n) is 4.13. The summed E-state index contributed by atoms with van der Waals surface area (Å²) in [5, 5.41) is 0. The normalized spacial score (nSPS) is 11.3. The van der Waals surface area contributed by atoms with Gasteiger partial charge in [0.25, 0.3) is 0 Å². The molecule has 0 amide bonds. The highest BCUT2D eigenvalue weighted by molar-refractivity contribution is 5.64. The monoisotopic (exact) mass is 158 g/mol. The van der Waals surface area contributed by atoms with Crippen LogP contribution in [0.1, 0.15) is 25.0 Å². The highest BCUT2D eigenvalue weighted by atomic mass is 14.0. The lowest BCUT2D eigenvalue weighted by molar-refractivity contribution is 1.53. The van der Waals surface area contributed by atoms with Gasteiger partial charge < -0.3 is 0 Å². The first-order chi connectivity index (χ1) is 5.77. The third-order valence-corrected chi connectivity index (χ3v) is 2.03. The van der Waals surface area contributed by atoms with Crippen molar-refractivity contribution in [2.75, 3.05) is 0 Å². The molecule has 0 aliphatic carbocycles. The van der Waals surface area contributed by atoms with Crippen molar-refractivity contribution in [2.45, 2.75) is 13.8 Å². The standard InChI is InChI=1S/C12H14/c1-4-10(3)12-8-6-11(5-2)7-9-12/h4-9H,2H2,1,3H3. The van der Waals surface area contributed by atoms with E-state index in [-0.39, 0.29) is 0 Å². The van der Waals surface area contributed by atoms with Crippen LogP contribution < -0.4 is 0 Å². The first-order valence-corrected chi connectivity index (χ1v) is 4.13. The minimum atomic E-state index is 1.17. The number of hydrogen-bond donors (Lipinski definition) is 0. The van der Waals surface area contributed by atoms with Crippen molar-refractivity contribution < 1.29 is 0 Å². The van der Waals surface area contributed by atoms with Crippen molar-refractivity contribution in [1.82, 2.24) is 0 Å². The fourth-order valence-corrected chi connectivity index (χ4v) is 1.05. The number of hydrogen-bond acceptors (Lipinski definition) is 0. The molecule has 0 saturated heterocycles. The second kappa shape index (κ2) is 3.91. The second-order valence-electron chi connectivity index (χ2n) is 2.80. The van der Waals surface area contributed by atoms with Gasteiger partial charge in [0.05, 0.1) is 0 Å². The van der Waals surface area contributed by atoms with Crippen molar-refractivity contribution in [3.63, 3.8) is 0 Å². The lowest BCUT2D eigenvalue weighted by atomic mass is 10.1. The molecule has 0 aliphatic rings. The summed E-state index contributed by atoms with van der Waals surface area (Å²) in [5.74, 6) is 0. The van der Waals surface area contributed by atoms with E-state index in [4.69, 9.17) is 0 Å². The van der Waals surface area contributed by atoms with Gasteiger partial charge in [-0.1, -0.05) is 43.0 Å². The molecule has 0 heterocycles. The van der Waals surface area contributed by atoms with E-state index < -0.39 is 0 Å². The van der Waals surface area contributed by atoms with Crippen LogP contribution in [0.4, 0.5) is 0 Å². The van der Waals surface area contributed by atoms with E-state index in [0.29, 0.717) is 0 Å². The van der Waals surface area contributed by atoms with Gasteiger partial charge in [-0.2, -0.15) is 0 Å². The average molecular weight is 158 g/mol. The zero-order valence-corrected chi connectivity index (χ0v) is 7.67. The van der Waals surface area contributed by atoms with Gasteiger partial charge in [-0.3, -0.25) is 0 Å². The third-order valence-electron chi connectivity index (χ3n) is 2.03. The predicted molar refractivity (Wildman–Crippen MR) is 55.9 cm³/mol. The van der Waals surface area contributed by atoms with E-state index >= 15 is 0 Å². The summed E-state index contributed by atoms with van der Waals surface area (Å²) in [7, 11) is 0. The minimum absolute atomic E-state index is 1.17. The minimum Gasteiger partial charge on any atom is -0.0985 e. The Balaban J connectivity index is 2.99. The molecule has 1 aromatic rings. The topological polar surface area (TPSA) is 0 Å². The Labute approximate surface area is 74.2 Å². The maximum Gasteiger partial charge on any atom is -0.0230 e. The van der Waals surface area contributed by atoms with Crippen LogP contribution in [-0.4, -0.2) is 0 Å². The molecule has 0 atom stereocenters. The van der Waals surface area contributed by atoms with Crippen molar-refractivity contribution in [1.29, 1.82) is 0 Å². The Hall–Kier alpha value is -1.30. The summed E-state index contributed by atoms with van der Waals surface area (Å²) < 4.78 is 0. The van der Waals surface area contributed by atoms with Gasteiger partial charge in [0.15, 0.2) is 0 Å². The first kappa shape index (κ1) is 8.79. The summed E-state index contributed by atoms with van der Waals surface area (Å²) in [6.45, 7) is 7.88. The van der Waals surface area contributed by atoms with E-state index in [1.165, 1.54) is 16.7 Å². The van der Waals surface area contributed by atoms with Gasteiger partial charge in [0, 0.05) is 0 Å². The number of rotatable bonds is 2. The van der Waals surface area contributed by atoms with Crippen molar-refractivity contribution in [3.05, 3.63) is 48.0 Å². The van der Waals surface area contributed by atoms with Crippen LogP contribution in [-0.2, 0) is 0 Å². The Morgan fingerprint density at radius 2 is 1.83 bits per heavy atom. The van der Waals surface area contributed by atoms with E-state index in [9.17, 15) is 0 Å². The van der Waals surface area contributed by atoms with Crippen LogP contribution in [0, 0.1) is 0 Å². The lowest BCUT2D eigenvalue weighted by Crippen LogP contribution is -1.78. The fraction of sp³-hybridized carbons (Fsp3) is 0.167. The van der Waals surface area contributed by atoms with Crippen LogP contribution >= 0.6 is 0 Å². The summed E-state index contributed by atoms with van der Waals surface area (Å²) in [4.78, 5) is 0. The largest absolute Gasteiger partial charge is 0.0985 e. The molecule has 0 unspecified atom stereocenters. The van der Waals surface area contributed by atoms with Gasteiger partial charge in [-0.15, -0.1) is 0 Å². The molecule has 0 fully saturated rings. The van der Waals surface area contributed by atoms with Crippen LogP contribution in [0.15, 0.2) is 36.9 Å². The zero-order valence-electron chi connectivity index (χ0n) is 7.67. The van der Waals surface area contributed by atoms with Crippen LogP contribution in [0.5, 0.6) is 0 Å². The molecule has 62 valence electrons. The third kappa shape index (κ3) is 1.85. The molecule has 0 aliphatic heterocycles. The summed E-state index contributed by atoms with van der Waals surface area (Å²) >= 11 is 0. The Kier molecular flexibility index (Phi) is 2.87. The fourth-order valence-electron chi connectivity index (χ4n) is 1.05. The van der Waals surface area contributed by atoms with Crippen LogP contribution in [0.2, 0.25) is 0 Å². The summed E-state index contributed by atoms with van der Waals surface area (Å²) in [6, 6.07) is 8.39. The lowest BCUT2D eigenvalue weighted by Gasteiger charge is -2.00. The molecular weight excluding hydrogens is 144 g/mol. The number of benzene rings is 1. The summed E-state index contributed by atoms with van der Waals surface area (Å²) in [5.41, 5.74) is 3.76. The molecule has 0 nitrogen and oxygen atoms in total. The Morgan fingerprint density at radius 1 is 1.25 bits per heavy atom. The molecule has 0 aromatic heterocycles. The second-order valence-corrected chi connectivity index (χ2v) is 2.80. The molecule has 12 heavy (non-hydrogen) atoms. The quantitative estimate of drug-likeness (QED) is 0.615. The zero-order chi connectivity index (χ0) is 8.97. The van der Waals surface area contributed by atoms with Crippen molar-refractivity contribution in [2.24, 2.45) is 0 Å². The van der Waals surface area contributed by atoms with Crippen LogP contribution in [0.25, 0.3) is 11.6 Å². The van der Waals surface area contributed by atoms with Crippen molar-refractivity contribution >= 4 is 11.6 Å². The molecule has 0 heteroatoms. The van der Waals surface area contributed by atoms with E-state index in [0.717, 1.165) is 0 Å². The van der Waals surface area contributed by atoms with E-state index in [2.05, 4.69) is 50.8 Å². The van der Waals surface area contributed by atoms with Gasteiger partial charge in [-0.25, -0.2) is 0 Å². The van der Waals surface area contributed by atoms with Crippen molar-refractivity contribution in [3.8, 4) is 0 Å². The smallest absolute Gasteiger partial charge is 0.0230 e. The van der Waals surface area contributed by atoms with Gasteiger partial charge >= 0.3 is 0 Å². The molecule has 0 spiro atoms. The Morgan fingerprint density at radius 3 is 2.25 bits per heavy atom. The molecule has 1 aromatic carbocycles. The van der Waals surface area contributed by atoms with E-state index in [1.54, 1.807) is 0 Å². The highest BCUT2D eigenvalue weighted by Crippen LogP contribution is 2.14. The molecule has 0 bridgehead atoms. The number of allylic oxidation sites excluding steroid dienone is 2. The highest BCUT2D eigenvalue weighted by Gasteiger charge is 1.92. The maximum atomic E-state index is 3.71. The molecule has 0 saturated carbocycles. The summed E-state index contributed by atoms with van der Waals surface area (Å²) in [6.07, 6.45) is 3.97. The Bertz CT molecular complexity index is 288. The molecule has 0 N–H and O–H groups in total. The van der Waals surface area contributed by atoms with E-state index in [1.807, 2.05) is 6.08 Å². The SMILES string of the molecule is C=Cc1ccc(C(C)=CC)cc1. The van der Waals surface area contributed by atoms with Gasteiger partial charge in [-0.05, 0) is 30.5 Å². The molecular formula is C12H14. The van der Waals surface area contributed by atoms with Gasteiger partial charge in [0.1, 0.15) is 0 Å². The molecule has 1 rings (SSSR count).